The van der Waals surface area contributed by atoms with Crippen molar-refractivity contribution in [2.24, 2.45) is 5.10 Å². The first-order valence-electron chi connectivity index (χ1n) is 9.02. The number of nitrogens with zero attached hydrogens (tertiary/aromatic N) is 4. The van der Waals surface area contributed by atoms with Crippen molar-refractivity contribution in [3.63, 3.8) is 0 Å². The van der Waals surface area contributed by atoms with Gasteiger partial charge < -0.3 is 0 Å². The number of hydrazone groups is 1. The minimum Gasteiger partial charge on any atom is -0.267 e. The first-order chi connectivity index (χ1) is 13.9. The number of nitro groups is 1. The number of aromatic nitrogens is 2. The van der Waals surface area contributed by atoms with E-state index in [0.717, 1.165) is 0 Å². The summed E-state index contributed by atoms with van der Waals surface area (Å²) < 4.78 is 1.26. The predicted molar refractivity (Wildman–Crippen MR) is 109 cm³/mol. The number of rotatable bonds is 6. The molecule has 1 heterocycles. The van der Waals surface area contributed by atoms with Crippen LogP contribution in [0.2, 0.25) is 0 Å². The van der Waals surface area contributed by atoms with Gasteiger partial charge in [-0.3, -0.25) is 19.7 Å². The minimum absolute atomic E-state index is 0.0627. The summed E-state index contributed by atoms with van der Waals surface area (Å²) in [4.78, 5) is 36.0. The smallest absolute Gasteiger partial charge is 0.267 e. The summed E-state index contributed by atoms with van der Waals surface area (Å²) in [5.41, 5.74) is 2.65. The second-order valence-corrected chi connectivity index (χ2v) is 6.33. The van der Waals surface area contributed by atoms with Crippen molar-refractivity contribution in [1.82, 2.24) is 15.2 Å². The molecule has 0 fully saturated rings. The number of hydrogen-bond donors (Lipinski definition) is 1. The van der Waals surface area contributed by atoms with Crippen LogP contribution in [0.3, 0.4) is 0 Å². The van der Waals surface area contributed by atoms with Crippen LogP contribution in [0.15, 0.2) is 58.4 Å². The molecule has 29 heavy (non-hydrogen) atoms. The number of carbonyl (C=O) groups excluding carboxylic acids is 1. The second-order valence-electron chi connectivity index (χ2n) is 6.33. The fourth-order valence-electron chi connectivity index (χ4n) is 2.95. The van der Waals surface area contributed by atoms with Gasteiger partial charge in [-0.05, 0) is 25.5 Å². The zero-order valence-corrected chi connectivity index (χ0v) is 16.0. The van der Waals surface area contributed by atoms with Crippen molar-refractivity contribution in [2.75, 3.05) is 0 Å². The van der Waals surface area contributed by atoms with E-state index >= 15 is 0 Å². The molecule has 2 aromatic carbocycles. The lowest BCUT2D eigenvalue weighted by molar-refractivity contribution is -0.385. The molecular formula is C20H19N5O4. The normalized spacial score (nSPS) is 11.4. The number of benzene rings is 2. The maximum absolute atomic E-state index is 12.8. The van der Waals surface area contributed by atoms with Crippen molar-refractivity contribution >= 4 is 28.1 Å². The van der Waals surface area contributed by atoms with Gasteiger partial charge >= 0.3 is 0 Å². The van der Waals surface area contributed by atoms with Crippen LogP contribution >= 0.6 is 0 Å². The average molecular weight is 393 g/mol. The highest BCUT2D eigenvalue weighted by Crippen LogP contribution is 2.18. The van der Waals surface area contributed by atoms with E-state index in [9.17, 15) is 19.7 Å². The Morgan fingerprint density at radius 3 is 2.52 bits per heavy atom. The van der Waals surface area contributed by atoms with Crippen LogP contribution in [0.5, 0.6) is 0 Å². The fourth-order valence-corrected chi connectivity index (χ4v) is 2.95. The van der Waals surface area contributed by atoms with E-state index in [-0.39, 0.29) is 22.7 Å². The van der Waals surface area contributed by atoms with Crippen molar-refractivity contribution in [3.8, 4) is 0 Å². The maximum atomic E-state index is 12.8. The highest BCUT2D eigenvalue weighted by Gasteiger charge is 2.18. The molecule has 3 aromatic rings. The first-order valence-corrected chi connectivity index (χ1v) is 9.02. The summed E-state index contributed by atoms with van der Waals surface area (Å²) in [6.07, 6.45) is 0.682. The van der Waals surface area contributed by atoms with E-state index < -0.39 is 10.8 Å². The van der Waals surface area contributed by atoms with Gasteiger partial charge in [0.05, 0.1) is 21.6 Å². The highest BCUT2D eigenvalue weighted by atomic mass is 16.6. The van der Waals surface area contributed by atoms with Crippen molar-refractivity contribution < 1.29 is 9.72 Å². The van der Waals surface area contributed by atoms with Gasteiger partial charge in [-0.1, -0.05) is 37.3 Å². The average Bonchev–Trinajstić information content (AvgIpc) is 2.74. The summed E-state index contributed by atoms with van der Waals surface area (Å²) in [6.45, 7) is 3.85. The standard InChI is InChI=1S/C20H19N5O4/c1-3-12-24-20(27)16-10-5-4-9-15(16)18(23-24)19(26)22-21-13(2)14-8-6-7-11-17(14)25(28)29/h4-11H,3,12H2,1-2H3,(H,22,26)/b21-13-. The highest BCUT2D eigenvalue weighted by molar-refractivity contribution is 6.06. The van der Waals surface area contributed by atoms with Crippen LogP contribution in [0.4, 0.5) is 5.69 Å². The van der Waals surface area contributed by atoms with E-state index in [0.29, 0.717) is 29.3 Å². The number of aryl methyl sites for hydroxylation is 1. The Kier molecular flexibility index (Phi) is 5.77. The molecular weight excluding hydrogens is 374 g/mol. The summed E-state index contributed by atoms with van der Waals surface area (Å²) in [5, 5.41) is 20.2. The van der Waals surface area contributed by atoms with Crippen molar-refractivity contribution in [2.45, 2.75) is 26.8 Å². The van der Waals surface area contributed by atoms with E-state index in [1.165, 1.54) is 10.7 Å². The molecule has 0 aliphatic heterocycles. The summed E-state index contributed by atoms with van der Waals surface area (Å²) in [7, 11) is 0. The molecule has 1 amide bonds. The third-order valence-electron chi connectivity index (χ3n) is 4.33. The zero-order valence-electron chi connectivity index (χ0n) is 16.0. The minimum atomic E-state index is -0.607. The molecule has 0 aliphatic carbocycles. The van der Waals surface area contributed by atoms with E-state index in [4.69, 9.17) is 0 Å². The topological polar surface area (TPSA) is 119 Å². The Labute approximate surface area is 165 Å². The predicted octanol–water partition coefficient (Wildman–Crippen LogP) is 2.87. The molecule has 1 N–H and O–H groups in total. The van der Waals surface area contributed by atoms with E-state index in [2.05, 4.69) is 15.6 Å². The number of hydrogen-bond acceptors (Lipinski definition) is 6. The molecule has 0 saturated carbocycles. The molecule has 0 spiro atoms. The van der Waals surface area contributed by atoms with Gasteiger partial charge in [-0.2, -0.15) is 10.2 Å². The van der Waals surface area contributed by atoms with Gasteiger partial charge in [0.2, 0.25) is 0 Å². The Morgan fingerprint density at radius 1 is 1.17 bits per heavy atom. The molecule has 0 aliphatic rings. The molecule has 0 unspecified atom stereocenters. The van der Waals surface area contributed by atoms with Crippen LogP contribution in [-0.2, 0) is 6.54 Å². The molecule has 3 rings (SSSR count). The lowest BCUT2D eigenvalue weighted by Crippen LogP contribution is -2.29. The summed E-state index contributed by atoms with van der Waals surface area (Å²) in [5.74, 6) is -0.607. The van der Waals surface area contributed by atoms with Crippen LogP contribution in [0.25, 0.3) is 10.8 Å². The summed E-state index contributed by atoms with van der Waals surface area (Å²) in [6, 6.07) is 12.9. The zero-order chi connectivity index (χ0) is 21.0. The van der Waals surface area contributed by atoms with E-state index in [1.807, 2.05) is 6.92 Å². The van der Waals surface area contributed by atoms with Crippen LogP contribution in [-0.4, -0.2) is 26.3 Å². The SMILES string of the molecule is CCCn1nc(C(=O)N/N=C(/C)c2ccccc2[N+](=O)[O-])c2ccccc2c1=O. The van der Waals surface area contributed by atoms with Crippen LogP contribution in [0.1, 0.15) is 36.3 Å². The van der Waals surface area contributed by atoms with Crippen LogP contribution in [0, 0.1) is 10.1 Å². The lowest BCUT2D eigenvalue weighted by atomic mass is 10.1. The van der Waals surface area contributed by atoms with Gasteiger partial charge in [0, 0.05) is 18.0 Å². The third kappa shape index (κ3) is 4.03. The Hall–Kier alpha value is -3.88. The molecule has 0 radical (unpaired) electrons. The quantitative estimate of drug-likeness (QED) is 0.392. The van der Waals surface area contributed by atoms with Crippen molar-refractivity contribution in [3.05, 3.63) is 80.3 Å². The Morgan fingerprint density at radius 2 is 1.83 bits per heavy atom. The number of para-hydroxylation sites is 1. The monoisotopic (exact) mass is 393 g/mol. The van der Waals surface area contributed by atoms with Gasteiger partial charge in [0.15, 0.2) is 5.69 Å². The third-order valence-corrected chi connectivity index (χ3v) is 4.33. The fraction of sp³-hybridized carbons (Fsp3) is 0.200. The number of nitro benzene ring substituents is 1. The second kappa shape index (κ2) is 8.42. The van der Waals surface area contributed by atoms with Gasteiger partial charge in [-0.15, -0.1) is 0 Å². The molecule has 9 heteroatoms. The number of nitrogens with one attached hydrogen (secondary N) is 1. The van der Waals surface area contributed by atoms with Gasteiger partial charge in [0.1, 0.15) is 0 Å². The number of carbonyl (C=O) groups is 1. The molecule has 1 aromatic heterocycles. The van der Waals surface area contributed by atoms with Gasteiger partial charge in [-0.25, -0.2) is 10.1 Å². The molecule has 0 bridgehead atoms. The number of fused-ring (bicyclic) bond motifs is 1. The number of amides is 1. The van der Waals surface area contributed by atoms with E-state index in [1.54, 1.807) is 49.4 Å². The Bertz CT molecular complexity index is 1180. The van der Waals surface area contributed by atoms with Crippen LogP contribution < -0.4 is 11.0 Å². The molecule has 0 saturated heterocycles. The molecule has 9 nitrogen and oxygen atoms in total. The maximum Gasteiger partial charge on any atom is 0.292 e. The molecule has 148 valence electrons. The first kappa shape index (κ1) is 19.9. The lowest BCUT2D eigenvalue weighted by Gasteiger charge is -2.09. The van der Waals surface area contributed by atoms with Crippen molar-refractivity contribution in [1.29, 1.82) is 0 Å². The molecule has 0 atom stereocenters. The Balaban J connectivity index is 1.99. The summed E-state index contributed by atoms with van der Waals surface area (Å²) >= 11 is 0. The largest absolute Gasteiger partial charge is 0.292 e. The van der Waals surface area contributed by atoms with Gasteiger partial charge in [0.25, 0.3) is 17.2 Å².